The van der Waals surface area contributed by atoms with E-state index in [0.29, 0.717) is 6.04 Å². The minimum absolute atomic E-state index is 0.389. The lowest BCUT2D eigenvalue weighted by Gasteiger charge is -2.20. The van der Waals surface area contributed by atoms with Gasteiger partial charge in [-0.1, -0.05) is 17.7 Å². The van der Waals surface area contributed by atoms with Crippen LogP contribution in [-0.2, 0) is 13.5 Å². The highest BCUT2D eigenvalue weighted by molar-refractivity contribution is 6.30. The minimum Gasteiger partial charge on any atom is -0.369 e. The normalized spacial score (nSPS) is 17.4. The second kappa shape index (κ2) is 9.65. The standard InChI is InChI=1S/C20H29ClN6/c1-3-22-20(23-10-5-6-16-13-24-26(2)14-16)25-18-9-11-27(15-18)19-8-4-7-17(21)12-19/h4,7-8,12-14,18H,3,5-6,9-11,15H2,1-2H3,(H2,22,23,25). The molecule has 1 aromatic carbocycles. The minimum atomic E-state index is 0.389. The Kier molecular flexibility index (Phi) is 6.98. The van der Waals surface area contributed by atoms with Gasteiger partial charge in [0.15, 0.2) is 5.96 Å². The van der Waals surface area contributed by atoms with Crippen molar-refractivity contribution >= 4 is 23.2 Å². The number of hydrogen-bond donors (Lipinski definition) is 2. The smallest absolute Gasteiger partial charge is 0.191 e. The first-order valence-corrected chi connectivity index (χ1v) is 10.0. The molecule has 0 aliphatic carbocycles. The molecule has 7 heteroatoms. The van der Waals surface area contributed by atoms with E-state index < -0.39 is 0 Å². The van der Waals surface area contributed by atoms with E-state index in [2.05, 4.69) is 39.8 Å². The van der Waals surface area contributed by atoms with Crippen molar-refractivity contribution in [1.82, 2.24) is 20.4 Å². The Hall–Kier alpha value is -2.21. The third kappa shape index (κ3) is 5.89. The molecular formula is C20H29ClN6. The van der Waals surface area contributed by atoms with E-state index >= 15 is 0 Å². The van der Waals surface area contributed by atoms with E-state index in [4.69, 9.17) is 16.6 Å². The molecule has 1 fully saturated rings. The van der Waals surface area contributed by atoms with Gasteiger partial charge in [-0.25, -0.2) is 0 Å². The van der Waals surface area contributed by atoms with Crippen LogP contribution in [0.5, 0.6) is 0 Å². The van der Waals surface area contributed by atoms with Gasteiger partial charge < -0.3 is 15.5 Å². The van der Waals surface area contributed by atoms with Gasteiger partial charge in [0.05, 0.1) is 6.20 Å². The van der Waals surface area contributed by atoms with E-state index in [1.807, 2.05) is 36.1 Å². The Morgan fingerprint density at radius 1 is 1.41 bits per heavy atom. The zero-order chi connectivity index (χ0) is 19.1. The first kappa shape index (κ1) is 19.5. The predicted octanol–water partition coefficient (Wildman–Crippen LogP) is 2.84. The van der Waals surface area contributed by atoms with Gasteiger partial charge >= 0.3 is 0 Å². The van der Waals surface area contributed by atoms with Crippen LogP contribution in [0.2, 0.25) is 5.02 Å². The summed E-state index contributed by atoms with van der Waals surface area (Å²) in [6.45, 7) is 5.74. The summed E-state index contributed by atoms with van der Waals surface area (Å²) in [5.41, 5.74) is 2.45. The van der Waals surface area contributed by atoms with Crippen LogP contribution in [0, 0.1) is 0 Å². The fourth-order valence-electron chi connectivity index (χ4n) is 3.37. The first-order valence-electron chi connectivity index (χ1n) is 9.67. The first-order chi connectivity index (χ1) is 13.1. The van der Waals surface area contributed by atoms with Crippen molar-refractivity contribution in [3.63, 3.8) is 0 Å². The summed E-state index contributed by atoms with van der Waals surface area (Å²) in [5, 5.41) is 11.9. The number of guanidine groups is 1. The zero-order valence-corrected chi connectivity index (χ0v) is 16.9. The summed E-state index contributed by atoms with van der Waals surface area (Å²) in [6, 6.07) is 8.46. The topological polar surface area (TPSA) is 57.5 Å². The summed E-state index contributed by atoms with van der Waals surface area (Å²) < 4.78 is 1.84. The van der Waals surface area contributed by atoms with Gasteiger partial charge in [-0.3, -0.25) is 9.67 Å². The zero-order valence-electron chi connectivity index (χ0n) is 16.2. The van der Waals surface area contributed by atoms with Crippen LogP contribution in [0.25, 0.3) is 0 Å². The summed E-state index contributed by atoms with van der Waals surface area (Å²) in [7, 11) is 1.95. The lowest BCUT2D eigenvalue weighted by Crippen LogP contribution is -2.44. The van der Waals surface area contributed by atoms with Crippen LogP contribution in [-0.4, -0.2) is 48.0 Å². The quantitative estimate of drug-likeness (QED) is 0.435. The number of aromatic nitrogens is 2. The molecular weight excluding hydrogens is 360 g/mol. The molecule has 1 saturated heterocycles. The lowest BCUT2D eigenvalue weighted by atomic mass is 10.2. The Morgan fingerprint density at radius 2 is 2.30 bits per heavy atom. The van der Waals surface area contributed by atoms with Crippen LogP contribution < -0.4 is 15.5 Å². The van der Waals surface area contributed by atoms with Gasteiger partial charge in [-0.2, -0.15) is 5.10 Å². The number of nitrogens with one attached hydrogen (secondary N) is 2. The second-order valence-electron chi connectivity index (χ2n) is 6.94. The molecule has 1 atom stereocenters. The molecule has 0 bridgehead atoms. The highest BCUT2D eigenvalue weighted by Gasteiger charge is 2.23. The van der Waals surface area contributed by atoms with Crippen molar-refractivity contribution in [3.05, 3.63) is 47.2 Å². The van der Waals surface area contributed by atoms with Gasteiger partial charge in [0.2, 0.25) is 0 Å². The van der Waals surface area contributed by atoms with E-state index in [1.54, 1.807) is 0 Å². The van der Waals surface area contributed by atoms with Gasteiger partial charge in [-0.05, 0) is 49.9 Å². The van der Waals surface area contributed by atoms with Gasteiger partial charge in [0.25, 0.3) is 0 Å². The molecule has 2 N–H and O–H groups in total. The molecule has 1 aromatic heterocycles. The van der Waals surface area contributed by atoms with E-state index in [0.717, 1.165) is 56.4 Å². The number of aliphatic imine (C=N–C) groups is 1. The molecule has 0 saturated carbocycles. The molecule has 0 radical (unpaired) electrons. The summed E-state index contributed by atoms with van der Waals surface area (Å²) >= 11 is 6.13. The predicted molar refractivity (Wildman–Crippen MR) is 113 cm³/mol. The van der Waals surface area contributed by atoms with Crippen LogP contribution in [0.1, 0.15) is 25.3 Å². The van der Waals surface area contributed by atoms with Crippen molar-refractivity contribution < 1.29 is 0 Å². The largest absolute Gasteiger partial charge is 0.369 e. The molecule has 2 heterocycles. The summed E-state index contributed by atoms with van der Waals surface area (Å²) in [4.78, 5) is 7.11. The molecule has 1 unspecified atom stereocenters. The Balaban J connectivity index is 1.48. The molecule has 6 nitrogen and oxygen atoms in total. The maximum Gasteiger partial charge on any atom is 0.191 e. The van der Waals surface area contributed by atoms with E-state index in [1.165, 1.54) is 11.3 Å². The molecule has 1 aliphatic rings. The molecule has 1 aliphatic heterocycles. The lowest BCUT2D eigenvalue weighted by molar-refractivity contribution is 0.647. The van der Waals surface area contributed by atoms with Crippen molar-refractivity contribution in [3.8, 4) is 0 Å². The third-order valence-corrected chi connectivity index (χ3v) is 4.93. The number of hydrogen-bond acceptors (Lipinski definition) is 3. The fraction of sp³-hybridized carbons (Fsp3) is 0.500. The van der Waals surface area contributed by atoms with Gasteiger partial charge in [0.1, 0.15) is 0 Å². The monoisotopic (exact) mass is 388 g/mol. The highest BCUT2D eigenvalue weighted by atomic mass is 35.5. The third-order valence-electron chi connectivity index (χ3n) is 4.70. The average Bonchev–Trinajstić information content (AvgIpc) is 3.28. The van der Waals surface area contributed by atoms with Crippen molar-refractivity contribution in [2.75, 3.05) is 31.1 Å². The number of rotatable bonds is 7. The number of aryl methyl sites for hydroxylation is 2. The van der Waals surface area contributed by atoms with Crippen LogP contribution in [0.4, 0.5) is 5.69 Å². The van der Waals surface area contributed by atoms with Gasteiger partial charge in [0, 0.05) is 56.2 Å². The number of anilines is 1. The Bertz CT molecular complexity index is 756. The summed E-state index contributed by atoms with van der Waals surface area (Å²) in [5.74, 6) is 0.904. The van der Waals surface area contributed by atoms with Crippen LogP contribution in [0.15, 0.2) is 41.7 Å². The number of nitrogens with zero attached hydrogens (tertiary/aromatic N) is 4. The van der Waals surface area contributed by atoms with Crippen molar-refractivity contribution in [1.29, 1.82) is 0 Å². The maximum atomic E-state index is 6.13. The molecule has 0 amide bonds. The summed E-state index contributed by atoms with van der Waals surface area (Å²) in [6.07, 6.45) is 7.10. The van der Waals surface area contributed by atoms with Gasteiger partial charge in [-0.15, -0.1) is 0 Å². The average molecular weight is 389 g/mol. The van der Waals surface area contributed by atoms with Crippen molar-refractivity contribution in [2.45, 2.75) is 32.2 Å². The van der Waals surface area contributed by atoms with Crippen molar-refractivity contribution in [2.24, 2.45) is 12.0 Å². The molecule has 2 aromatic rings. The molecule has 0 spiro atoms. The maximum absolute atomic E-state index is 6.13. The Labute approximate surface area is 166 Å². The van der Waals surface area contributed by atoms with E-state index in [9.17, 15) is 0 Å². The van der Waals surface area contributed by atoms with Crippen LogP contribution >= 0.6 is 11.6 Å². The molecule has 27 heavy (non-hydrogen) atoms. The number of benzene rings is 1. The molecule has 146 valence electrons. The van der Waals surface area contributed by atoms with Crippen LogP contribution in [0.3, 0.4) is 0 Å². The highest BCUT2D eigenvalue weighted by Crippen LogP contribution is 2.23. The fourth-order valence-corrected chi connectivity index (χ4v) is 3.56. The Morgan fingerprint density at radius 3 is 3.04 bits per heavy atom. The SMILES string of the molecule is CCNC(=NCCCc1cnn(C)c1)NC1CCN(c2cccc(Cl)c2)C1. The molecule has 3 rings (SSSR count). The number of halogens is 1. The van der Waals surface area contributed by atoms with E-state index in [-0.39, 0.29) is 0 Å². The second-order valence-corrected chi connectivity index (χ2v) is 7.38.